The number of benzene rings is 1. The molecule has 0 amide bonds. The molecule has 1 saturated heterocycles. The maximum atomic E-state index is 9.80. The summed E-state index contributed by atoms with van der Waals surface area (Å²) in [7, 11) is 2.24. The molecule has 2 bridgehead atoms. The van der Waals surface area contributed by atoms with Crippen LogP contribution in [0.25, 0.3) is 0 Å². The number of hydrogen-bond donors (Lipinski definition) is 1. The quantitative estimate of drug-likeness (QED) is 0.790. The first-order valence-electron chi connectivity index (χ1n) is 7.01. The zero-order chi connectivity index (χ0) is 12.9. The summed E-state index contributed by atoms with van der Waals surface area (Å²) in [6.07, 6.45) is 2.36. The first-order valence-corrected chi connectivity index (χ1v) is 7.01. The van der Waals surface area contributed by atoms with E-state index in [1.165, 1.54) is 24.1 Å². The number of hydrogen-bond acceptors (Lipinski definition) is 2. The van der Waals surface area contributed by atoms with Crippen LogP contribution >= 0.6 is 17.0 Å². The monoisotopic (exact) mass is 325 g/mol. The minimum Gasteiger partial charge on any atom is -0.508 e. The van der Waals surface area contributed by atoms with Crippen LogP contribution in [0.4, 0.5) is 0 Å². The molecule has 0 aromatic heterocycles. The largest absolute Gasteiger partial charge is 0.508 e. The Morgan fingerprint density at radius 1 is 1.37 bits per heavy atom. The number of nitrogens with zero attached hydrogens (tertiary/aromatic N) is 1. The summed E-state index contributed by atoms with van der Waals surface area (Å²) in [5, 5.41) is 9.80. The highest BCUT2D eigenvalue weighted by atomic mass is 79.9. The van der Waals surface area contributed by atoms with Crippen molar-refractivity contribution in [1.29, 1.82) is 0 Å². The van der Waals surface area contributed by atoms with Gasteiger partial charge in [-0.25, -0.2) is 0 Å². The predicted molar refractivity (Wildman–Crippen MR) is 84.3 cm³/mol. The highest BCUT2D eigenvalue weighted by molar-refractivity contribution is 8.93. The van der Waals surface area contributed by atoms with Gasteiger partial charge < -0.3 is 10.0 Å². The highest BCUT2D eigenvalue weighted by Crippen LogP contribution is 2.48. The SMILES string of the molecule is Br.C[C@@H]1[C@@H]2Cc3ccc(O)cc3[C@]1(C)CCN(C)C2. The lowest BCUT2D eigenvalue weighted by Crippen LogP contribution is -2.41. The Kier molecular flexibility index (Phi) is 3.99. The van der Waals surface area contributed by atoms with Gasteiger partial charge in [-0.05, 0) is 66.9 Å². The zero-order valence-corrected chi connectivity index (χ0v) is 13.7. The Bertz CT molecular complexity index is 476. The van der Waals surface area contributed by atoms with Gasteiger partial charge >= 0.3 is 0 Å². The fraction of sp³-hybridized carbons (Fsp3) is 0.625. The van der Waals surface area contributed by atoms with Crippen LogP contribution < -0.4 is 0 Å². The summed E-state index contributed by atoms with van der Waals surface area (Å²) in [5.74, 6) is 1.86. The minimum atomic E-state index is 0. The van der Waals surface area contributed by atoms with E-state index in [9.17, 15) is 5.11 Å². The number of likely N-dealkylation sites (tertiary alicyclic amines) is 1. The average molecular weight is 326 g/mol. The van der Waals surface area contributed by atoms with Gasteiger partial charge in [0.15, 0.2) is 0 Å². The standard InChI is InChI=1S/C16H23NO.BrH/c1-11-13-8-12-4-5-14(18)9-15(12)16(11,2)6-7-17(3)10-13;/h4-5,9,11,13,18H,6-8,10H2,1-3H3;1H/t11-,13-,16-;/m1./s1. The predicted octanol–water partition coefficient (Wildman–Crippen LogP) is 3.37. The zero-order valence-electron chi connectivity index (χ0n) is 12.0. The molecule has 106 valence electrons. The van der Waals surface area contributed by atoms with Gasteiger partial charge in [0, 0.05) is 6.54 Å². The second-order valence-electron chi connectivity index (χ2n) is 6.52. The summed E-state index contributed by atoms with van der Waals surface area (Å²) in [4.78, 5) is 2.47. The van der Waals surface area contributed by atoms with E-state index in [-0.39, 0.29) is 22.4 Å². The van der Waals surface area contributed by atoms with Crippen LogP contribution in [-0.2, 0) is 11.8 Å². The van der Waals surface area contributed by atoms with Crippen molar-refractivity contribution in [2.75, 3.05) is 20.1 Å². The summed E-state index contributed by atoms with van der Waals surface area (Å²) < 4.78 is 0. The molecular weight excluding hydrogens is 302 g/mol. The van der Waals surface area contributed by atoms with Gasteiger partial charge in [0.1, 0.15) is 5.75 Å². The van der Waals surface area contributed by atoms with Gasteiger partial charge in [-0.15, -0.1) is 17.0 Å². The van der Waals surface area contributed by atoms with Crippen molar-refractivity contribution in [3.8, 4) is 5.75 Å². The second kappa shape index (κ2) is 5.10. The van der Waals surface area contributed by atoms with Gasteiger partial charge in [-0.3, -0.25) is 0 Å². The Morgan fingerprint density at radius 2 is 2.11 bits per heavy atom. The summed E-state index contributed by atoms with van der Waals surface area (Å²) >= 11 is 0. The van der Waals surface area contributed by atoms with Crippen molar-refractivity contribution >= 4 is 17.0 Å². The topological polar surface area (TPSA) is 23.5 Å². The molecule has 3 heteroatoms. The van der Waals surface area contributed by atoms with E-state index in [0.717, 1.165) is 18.9 Å². The molecule has 0 radical (unpaired) electrons. The molecule has 3 atom stereocenters. The Labute approximate surface area is 126 Å². The van der Waals surface area contributed by atoms with Gasteiger partial charge in [-0.2, -0.15) is 0 Å². The Morgan fingerprint density at radius 3 is 2.84 bits per heavy atom. The molecule has 3 rings (SSSR count). The van der Waals surface area contributed by atoms with Gasteiger partial charge in [0.2, 0.25) is 0 Å². The number of phenols is 1. The maximum absolute atomic E-state index is 9.80. The van der Waals surface area contributed by atoms with Gasteiger partial charge in [-0.1, -0.05) is 19.9 Å². The average Bonchev–Trinajstić information content (AvgIpc) is 2.41. The molecule has 0 unspecified atom stereocenters. The molecule has 1 fully saturated rings. The molecule has 0 saturated carbocycles. The lowest BCUT2D eigenvalue weighted by molar-refractivity contribution is 0.197. The van der Waals surface area contributed by atoms with Crippen LogP contribution in [0.5, 0.6) is 5.75 Å². The summed E-state index contributed by atoms with van der Waals surface area (Å²) in [5.41, 5.74) is 3.07. The van der Waals surface area contributed by atoms with Gasteiger partial charge in [0.05, 0.1) is 0 Å². The van der Waals surface area contributed by atoms with E-state index in [1.54, 1.807) is 0 Å². The molecule has 2 aliphatic rings. The fourth-order valence-electron chi connectivity index (χ4n) is 4.00. The molecule has 1 aliphatic carbocycles. The summed E-state index contributed by atoms with van der Waals surface area (Å²) in [6.45, 7) is 7.15. The van der Waals surface area contributed by atoms with E-state index in [4.69, 9.17) is 0 Å². The number of halogens is 1. The van der Waals surface area contributed by atoms with E-state index in [2.05, 4.69) is 31.9 Å². The van der Waals surface area contributed by atoms with Crippen molar-refractivity contribution in [3.05, 3.63) is 29.3 Å². The van der Waals surface area contributed by atoms with Crippen molar-refractivity contribution < 1.29 is 5.11 Å². The van der Waals surface area contributed by atoms with E-state index < -0.39 is 0 Å². The third kappa shape index (κ3) is 2.31. The van der Waals surface area contributed by atoms with Gasteiger partial charge in [0.25, 0.3) is 0 Å². The lowest BCUT2D eigenvalue weighted by atomic mass is 9.60. The van der Waals surface area contributed by atoms with E-state index in [1.807, 2.05) is 12.1 Å². The van der Waals surface area contributed by atoms with Crippen LogP contribution in [0, 0.1) is 11.8 Å². The first-order chi connectivity index (χ1) is 8.50. The number of phenolic OH excluding ortho intramolecular Hbond substituents is 1. The molecule has 0 spiro atoms. The maximum Gasteiger partial charge on any atom is 0.115 e. The number of rotatable bonds is 0. The molecule has 1 aromatic rings. The molecule has 1 aliphatic heterocycles. The molecule has 2 nitrogen and oxygen atoms in total. The minimum absolute atomic E-state index is 0. The molecule has 1 N–H and O–H groups in total. The van der Waals surface area contributed by atoms with Crippen LogP contribution in [0.1, 0.15) is 31.4 Å². The third-order valence-electron chi connectivity index (χ3n) is 5.46. The fourth-order valence-corrected chi connectivity index (χ4v) is 4.00. The molecule has 19 heavy (non-hydrogen) atoms. The molecule has 1 aromatic carbocycles. The van der Waals surface area contributed by atoms with Crippen LogP contribution in [0.15, 0.2) is 18.2 Å². The molecular formula is C16H24BrNO. The van der Waals surface area contributed by atoms with E-state index >= 15 is 0 Å². The van der Waals surface area contributed by atoms with E-state index in [0.29, 0.717) is 11.7 Å². The van der Waals surface area contributed by atoms with Crippen LogP contribution in [-0.4, -0.2) is 30.1 Å². The Hall–Kier alpha value is -0.540. The van der Waals surface area contributed by atoms with Crippen molar-refractivity contribution in [2.24, 2.45) is 11.8 Å². The number of aromatic hydroxyl groups is 1. The lowest BCUT2D eigenvalue weighted by Gasteiger charge is -2.44. The third-order valence-corrected chi connectivity index (χ3v) is 5.46. The molecule has 1 heterocycles. The second-order valence-corrected chi connectivity index (χ2v) is 6.52. The first kappa shape index (κ1) is 14.9. The Balaban J connectivity index is 0.00000133. The van der Waals surface area contributed by atoms with Crippen LogP contribution in [0.2, 0.25) is 0 Å². The van der Waals surface area contributed by atoms with Crippen molar-refractivity contribution in [2.45, 2.75) is 32.1 Å². The van der Waals surface area contributed by atoms with Crippen LogP contribution in [0.3, 0.4) is 0 Å². The van der Waals surface area contributed by atoms with Crippen molar-refractivity contribution in [3.63, 3.8) is 0 Å². The van der Waals surface area contributed by atoms with Crippen molar-refractivity contribution in [1.82, 2.24) is 4.90 Å². The normalized spacial score (nSPS) is 34.1. The number of fused-ring (bicyclic) bond motifs is 4. The summed E-state index contributed by atoms with van der Waals surface area (Å²) in [6, 6.07) is 5.98. The highest BCUT2D eigenvalue weighted by Gasteiger charge is 2.44. The smallest absolute Gasteiger partial charge is 0.115 e.